The van der Waals surface area contributed by atoms with E-state index < -0.39 is 5.91 Å². The van der Waals surface area contributed by atoms with Gasteiger partial charge in [0, 0.05) is 10.0 Å². The van der Waals surface area contributed by atoms with Crippen LogP contribution in [0, 0.1) is 22.7 Å². The number of halogens is 1. The van der Waals surface area contributed by atoms with Gasteiger partial charge in [-0.3, -0.25) is 4.79 Å². The van der Waals surface area contributed by atoms with Gasteiger partial charge >= 0.3 is 0 Å². The fourth-order valence-corrected chi connectivity index (χ4v) is 2.95. The average molecular weight is 388 g/mol. The molecule has 0 aliphatic heterocycles. The van der Waals surface area contributed by atoms with Crippen molar-refractivity contribution in [3.05, 3.63) is 39.9 Å². The number of primary amides is 1. The molecular weight excluding hydrogens is 378 g/mol. The van der Waals surface area contributed by atoms with Gasteiger partial charge in [0.2, 0.25) is 5.91 Å². The quantitative estimate of drug-likeness (QED) is 0.774. The Balaban J connectivity index is 2.71. The number of benzene rings is 1. The van der Waals surface area contributed by atoms with Gasteiger partial charge < -0.3 is 11.5 Å². The molecule has 0 aliphatic carbocycles. The summed E-state index contributed by atoms with van der Waals surface area (Å²) in [5, 5.41) is 19.2. The number of aromatic nitrogens is 1. The first-order chi connectivity index (χ1) is 11.0. The van der Waals surface area contributed by atoms with Gasteiger partial charge in [-0.2, -0.15) is 10.5 Å². The first-order valence-electron chi connectivity index (χ1n) is 6.28. The minimum absolute atomic E-state index is 0.0105. The van der Waals surface area contributed by atoms with E-state index in [1.807, 2.05) is 12.1 Å². The number of nitrogens with zero attached hydrogens (tertiary/aromatic N) is 3. The maximum Gasteiger partial charge on any atom is 0.227 e. The molecule has 6 nitrogen and oxygen atoms in total. The van der Waals surface area contributed by atoms with Crippen LogP contribution >= 0.6 is 27.7 Å². The summed E-state index contributed by atoms with van der Waals surface area (Å²) >= 11 is 4.35. The highest BCUT2D eigenvalue weighted by atomic mass is 79.9. The van der Waals surface area contributed by atoms with Gasteiger partial charge in [-0.1, -0.05) is 39.8 Å². The molecule has 0 bridgehead atoms. The number of nitrogens with two attached hydrogens (primary N) is 2. The van der Waals surface area contributed by atoms with Gasteiger partial charge in [-0.15, -0.1) is 0 Å². The Kier molecular flexibility index (Phi) is 5.22. The maximum atomic E-state index is 11.0. The summed E-state index contributed by atoms with van der Waals surface area (Å²) in [4.78, 5) is 15.0. The fraction of sp³-hybridized carbons (Fsp3) is 0.0667. The van der Waals surface area contributed by atoms with Crippen LogP contribution in [0.1, 0.15) is 11.1 Å². The molecule has 4 N–H and O–H groups in total. The summed E-state index contributed by atoms with van der Waals surface area (Å²) in [5.74, 6) is -0.558. The van der Waals surface area contributed by atoms with Crippen molar-refractivity contribution in [2.45, 2.75) is 5.03 Å². The van der Waals surface area contributed by atoms with Crippen molar-refractivity contribution >= 4 is 39.4 Å². The second-order valence-electron chi connectivity index (χ2n) is 4.41. The van der Waals surface area contributed by atoms with Gasteiger partial charge in [0.05, 0.1) is 11.3 Å². The number of hydrogen-bond acceptors (Lipinski definition) is 6. The van der Waals surface area contributed by atoms with Crippen LogP contribution in [-0.4, -0.2) is 16.6 Å². The van der Waals surface area contributed by atoms with Gasteiger partial charge in [0.15, 0.2) is 0 Å². The SMILES string of the molecule is N#Cc1c(N)nc(SCC(N)=O)c(C#N)c1-c1ccc(Br)cc1. The highest BCUT2D eigenvalue weighted by Crippen LogP contribution is 2.35. The number of carbonyl (C=O) groups excluding carboxylic acids is 1. The molecule has 0 atom stereocenters. The van der Waals surface area contributed by atoms with Gasteiger partial charge in [0.25, 0.3) is 0 Å². The lowest BCUT2D eigenvalue weighted by Crippen LogP contribution is -2.13. The molecule has 1 amide bonds. The zero-order chi connectivity index (χ0) is 17.0. The zero-order valence-electron chi connectivity index (χ0n) is 11.7. The Hall–Kier alpha value is -2.55. The average Bonchev–Trinajstić information content (AvgIpc) is 2.53. The topological polar surface area (TPSA) is 130 Å². The predicted octanol–water partition coefficient (Wildman–Crippen LogP) is 2.41. The summed E-state index contributed by atoms with van der Waals surface area (Å²) in [7, 11) is 0. The van der Waals surface area contributed by atoms with Crippen molar-refractivity contribution < 1.29 is 4.79 Å². The second kappa shape index (κ2) is 7.14. The van der Waals surface area contributed by atoms with Gasteiger partial charge in [-0.25, -0.2) is 4.98 Å². The molecule has 1 heterocycles. The molecule has 0 radical (unpaired) electrons. The molecule has 0 aliphatic rings. The number of hydrogen-bond donors (Lipinski definition) is 2. The lowest BCUT2D eigenvalue weighted by molar-refractivity contribution is -0.115. The number of nitrogen functional groups attached to an aromatic ring is 1. The molecule has 1 aromatic heterocycles. The fourth-order valence-electron chi connectivity index (χ4n) is 1.95. The van der Waals surface area contributed by atoms with E-state index in [2.05, 4.69) is 20.9 Å². The summed E-state index contributed by atoms with van der Waals surface area (Å²) < 4.78 is 0.864. The summed E-state index contributed by atoms with van der Waals surface area (Å²) in [6.45, 7) is 0. The Bertz CT molecular complexity index is 852. The van der Waals surface area contributed by atoms with E-state index in [9.17, 15) is 15.3 Å². The van der Waals surface area contributed by atoms with Crippen LogP contribution < -0.4 is 11.5 Å². The lowest BCUT2D eigenvalue weighted by atomic mass is 9.97. The molecule has 114 valence electrons. The van der Waals surface area contributed by atoms with Crippen LogP contribution in [0.15, 0.2) is 33.8 Å². The number of carbonyl (C=O) groups is 1. The van der Waals surface area contributed by atoms with Crippen molar-refractivity contribution in [1.82, 2.24) is 4.98 Å². The summed E-state index contributed by atoms with van der Waals surface area (Å²) in [6.07, 6.45) is 0. The predicted molar refractivity (Wildman–Crippen MR) is 91.1 cm³/mol. The van der Waals surface area contributed by atoms with Crippen LogP contribution in [0.3, 0.4) is 0 Å². The molecule has 0 saturated heterocycles. The lowest BCUT2D eigenvalue weighted by Gasteiger charge is -2.12. The van der Waals surface area contributed by atoms with Crippen LogP contribution in [-0.2, 0) is 4.79 Å². The number of nitriles is 2. The van der Waals surface area contributed by atoms with Crippen molar-refractivity contribution in [3.63, 3.8) is 0 Å². The van der Waals surface area contributed by atoms with E-state index in [4.69, 9.17) is 11.5 Å². The van der Waals surface area contributed by atoms with Crippen LogP contribution in [0.2, 0.25) is 0 Å². The molecule has 0 fully saturated rings. The first-order valence-corrected chi connectivity index (χ1v) is 8.06. The van der Waals surface area contributed by atoms with E-state index in [1.54, 1.807) is 24.3 Å². The number of amides is 1. The van der Waals surface area contributed by atoms with E-state index in [0.717, 1.165) is 16.2 Å². The standard InChI is InChI=1S/C15H10BrN5OS/c16-9-3-1-8(2-4-9)13-10(5-17)14(20)21-15(11(13)6-18)23-7-12(19)22/h1-4H,7H2,(H2,19,22)(H2,20,21). The molecule has 2 aromatic rings. The highest BCUT2D eigenvalue weighted by molar-refractivity contribution is 9.10. The Labute approximate surface area is 145 Å². The smallest absolute Gasteiger partial charge is 0.227 e. The van der Waals surface area contributed by atoms with Crippen LogP contribution in [0.5, 0.6) is 0 Å². The van der Waals surface area contributed by atoms with Gasteiger partial charge in [-0.05, 0) is 17.7 Å². The third kappa shape index (κ3) is 3.62. The molecule has 1 aromatic carbocycles. The van der Waals surface area contributed by atoms with Crippen molar-refractivity contribution in [2.75, 3.05) is 11.5 Å². The minimum atomic E-state index is -0.534. The van der Waals surface area contributed by atoms with E-state index in [1.165, 1.54) is 0 Å². The van der Waals surface area contributed by atoms with Crippen molar-refractivity contribution in [1.29, 1.82) is 10.5 Å². The Morgan fingerprint density at radius 1 is 1.22 bits per heavy atom. The number of pyridine rings is 1. The zero-order valence-corrected chi connectivity index (χ0v) is 14.1. The molecule has 2 rings (SSSR count). The van der Waals surface area contributed by atoms with Crippen LogP contribution in [0.25, 0.3) is 11.1 Å². The molecule has 8 heteroatoms. The first kappa shape index (κ1) is 16.8. The Morgan fingerprint density at radius 3 is 2.35 bits per heavy atom. The summed E-state index contributed by atoms with van der Waals surface area (Å²) in [6, 6.07) is 11.2. The molecule has 0 saturated carbocycles. The third-order valence-electron chi connectivity index (χ3n) is 2.90. The highest BCUT2D eigenvalue weighted by Gasteiger charge is 2.20. The van der Waals surface area contributed by atoms with Gasteiger partial charge in [0.1, 0.15) is 28.5 Å². The van der Waals surface area contributed by atoms with Crippen LogP contribution in [0.4, 0.5) is 5.82 Å². The molecule has 23 heavy (non-hydrogen) atoms. The number of rotatable bonds is 4. The van der Waals surface area contributed by atoms with E-state index in [-0.39, 0.29) is 27.7 Å². The second-order valence-corrected chi connectivity index (χ2v) is 6.29. The molecule has 0 spiro atoms. The third-order valence-corrected chi connectivity index (χ3v) is 4.43. The normalized spacial score (nSPS) is 9.87. The number of thioether (sulfide) groups is 1. The van der Waals surface area contributed by atoms with E-state index in [0.29, 0.717) is 11.1 Å². The largest absolute Gasteiger partial charge is 0.383 e. The van der Waals surface area contributed by atoms with Crippen molar-refractivity contribution in [3.8, 4) is 23.3 Å². The van der Waals surface area contributed by atoms with Crippen molar-refractivity contribution in [2.24, 2.45) is 5.73 Å². The molecule has 0 unspecified atom stereocenters. The molecular formula is C15H10BrN5OS. The Morgan fingerprint density at radius 2 is 1.83 bits per heavy atom. The minimum Gasteiger partial charge on any atom is -0.383 e. The monoisotopic (exact) mass is 387 g/mol. The maximum absolute atomic E-state index is 11.0. The summed E-state index contributed by atoms with van der Waals surface area (Å²) in [5.41, 5.74) is 12.4. The van der Waals surface area contributed by atoms with E-state index >= 15 is 0 Å². The number of anilines is 1.